The third kappa shape index (κ3) is 4.39. The third-order valence-corrected chi connectivity index (χ3v) is 2.28. The van der Waals surface area contributed by atoms with Crippen LogP contribution in [0.25, 0.3) is 0 Å². The first-order chi connectivity index (χ1) is 6.33. The second-order valence-corrected chi connectivity index (χ2v) is 3.31. The molecule has 0 atom stereocenters. The smallest absolute Gasteiger partial charge is 0.133 e. The lowest BCUT2D eigenvalue weighted by atomic mass is 9.97. The summed E-state index contributed by atoms with van der Waals surface area (Å²) in [7, 11) is 0. The van der Waals surface area contributed by atoms with Gasteiger partial charge in [0.25, 0.3) is 0 Å². The first-order valence-corrected chi connectivity index (χ1v) is 5.04. The Bertz CT molecular complexity index is 146. The van der Waals surface area contributed by atoms with Gasteiger partial charge in [-0.1, -0.05) is 0 Å². The van der Waals surface area contributed by atoms with E-state index in [2.05, 4.69) is 0 Å². The first kappa shape index (κ1) is 10.7. The average Bonchev–Trinajstić information content (AvgIpc) is 2.15. The van der Waals surface area contributed by atoms with E-state index in [-0.39, 0.29) is 6.10 Å². The monoisotopic (exact) mass is 186 g/mol. The number of ether oxygens (including phenoxy) is 2. The van der Waals surface area contributed by atoms with Crippen LogP contribution in [0.1, 0.15) is 32.6 Å². The number of hydrogen-bond acceptors (Lipinski definition) is 3. The molecule has 0 N–H and O–H groups in total. The minimum absolute atomic E-state index is 0.290. The molecular weight excluding hydrogens is 168 g/mol. The fourth-order valence-electron chi connectivity index (χ4n) is 1.50. The van der Waals surface area contributed by atoms with Gasteiger partial charge in [0.05, 0.1) is 19.3 Å². The SMILES string of the molecule is CCOCCOC1CCC(=O)CC1. The molecular formula is C10H18O3. The van der Waals surface area contributed by atoms with Crippen molar-refractivity contribution in [2.45, 2.75) is 38.7 Å². The van der Waals surface area contributed by atoms with Gasteiger partial charge in [-0.05, 0) is 19.8 Å². The molecule has 0 aliphatic heterocycles. The van der Waals surface area contributed by atoms with E-state index in [1.54, 1.807) is 0 Å². The molecule has 0 spiro atoms. The molecule has 1 aliphatic rings. The van der Waals surface area contributed by atoms with Crippen LogP contribution in [0.4, 0.5) is 0 Å². The molecule has 0 aromatic heterocycles. The molecule has 0 unspecified atom stereocenters. The third-order valence-electron chi connectivity index (χ3n) is 2.28. The molecule has 0 radical (unpaired) electrons. The molecule has 0 heterocycles. The summed E-state index contributed by atoms with van der Waals surface area (Å²) in [6.45, 7) is 4.04. The Hall–Kier alpha value is -0.410. The van der Waals surface area contributed by atoms with Gasteiger partial charge in [0.2, 0.25) is 0 Å². The van der Waals surface area contributed by atoms with Crippen LogP contribution in [0.15, 0.2) is 0 Å². The van der Waals surface area contributed by atoms with Gasteiger partial charge in [0.15, 0.2) is 0 Å². The van der Waals surface area contributed by atoms with Crippen LogP contribution in [0.2, 0.25) is 0 Å². The van der Waals surface area contributed by atoms with Crippen molar-refractivity contribution in [2.24, 2.45) is 0 Å². The van der Waals surface area contributed by atoms with Crippen molar-refractivity contribution in [3.05, 3.63) is 0 Å². The van der Waals surface area contributed by atoms with Crippen LogP contribution >= 0.6 is 0 Å². The Morgan fingerprint density at radius 3 is 2.62 bits per heavy atom. The standard InChI is InChI=1S/C10H18O3/c1-2-12-7-8-13-10-5-3-9(11)4-6-10/h10H,2-8H2,1H3. The van der Waals surface area contributed by atoms with E-state index in [0.717, 1.165) is 19.4 Å². The molecule has 1 aliphatic carbocycles. The largest absolute Gasteiger partial charge is 0.379 e. The first-order valence-electron chi connectivity index (χ1n) is 5.04. The van der Waals surface area contributed by atoms with Crippen molar-refractivity contribution in [3.63, 3.8) is 0 Å². The van der Waals surface area contributed by atoms with Gasteiger partial charge in [-0.3, -0.25) is 4.79 Å². The van der Waals surface area contributed by atoms with Gasteiger partial charge in [0.1, 0.15) is 5.78 Å². The summed E-state index contributed by atoms with van der Waals surface area (Å²) in [5.74, 6) is 0.379. The molecule has 1 fully saturated rings. The van der Waals surface area contributed by atoms with Crippen LogP contribution in [-0.2, 0) is 14.3 Å². The van der Waals surface area contributed by atoms with Crippen LogP contribution in [0.5, 0.6) is 0 Å². The lowest BCUT2D eigenvalue weighted by Gasteiger charge is -2.21. The highest BCUT2D eigenvalue weighted by Crippen LogP contribution is 2.17. The lowest BCUT2D eigenvalue weighted by molar-refractivity contribution is -0.123. The number of Topliss-reactive ketones (excluding diaryl/α,β-unsaturated/α-hetero) is 1. The summed E-state index contributed by atoms with van der Waals surface area (Å²) >= 11 is 0. The number of hydrogen-bond donors (Lipinski definition) is 0. The maximum atomic E-state index is 10.9. The minimum Gasteiger partial charge on any atom is -0.379 e. The highest BCUT2D eigenvalue weighted by atomic mass is 16.5. The minimum atomic E-state index is 0.290. The second-order valence-electron chi connectivity index (χ2n) is 3.31. The van der Waals surface area contributed by atoms with Gasteiger partial charge < -0.3 is 9.47 Å². The van der Waals surface area contributed by atoms with Crippen molar-refractivity contribution in [1.29, 1.82) is 0 Å². The van der Waals surface area contributed by atoms with Crippen LogP contribution in [0, 0.1) is 0 Å². The van der Waals surface area contributed by atoms with Gasteiger partial charge >= 0.3 is 0 Å². The normalized spacial score (nSPS) is 19.3. The zero-order chi connectivity index (χ0) is 9.52. The topological polar surface area (TPSA) is 35.5 Å². The summed E-state index contributed by atoms with van der Waals surface area (Å²) in [4.78, 5) is 10.9. The Morgan fingerprint density at radius 1 is 1.31 bits per heavy atom. The van der Waals surface area contributed by atoms with E-state index in [9.17, 15) is 4.79 Å². The number of carbonyl (C=O) groups is 1. The fraction of sp³-hybridized carbons (Fsp3) is 0.900. The number of ketones is 1. The Morgan fingerprint density at radius 2 is 2.00 bits per heavy atom. The van der Waals surface area contributed by atoms with Crippen LogP contribution in [-0.4, -0.2) is 31.7 Å². The molecule has 1 rings (SSSR count). The van der Waals surface area contributed by atoms with E-state index in [1.807, 2.05) is 6.92 Å². The van der Waals surface area contributed by atoms with E-state index < -0.39 is 0 Å². The van der Waals surface area contributed by atoms with Gasteiger partial charge in [-0.15, -0.1) is 0 Å². The van der Waals surface area contributed by atoms with E-state index in [1.165, 1.54) is 0 Å². The van der Waals surface area contributed by atoms with E-state index in [4.69, 9.17) is 9.47 Å². The number of carbonyl (C=O) groups excluding carboxylic acids is 1. The van der Waals surface area contributed by atoms with Crippen molar-refractivity contribution in [1.82, 2.24) is 0 Å². The molecule has 1 saturated carbocycles. The quantitative estimate of drug-likeness (QED) is 0.611. The zero-order valence-corrected chi connectivity index (χ0v) is 8.25. The molecule has 13 heavy (non-hydrogen) atoms. The predicted octanol–water partition coefficient (Wildman–Crippen LogP) is 1.55. The highest BCUT2D eigenvalue weighted by Gasteiger charge is 2.18. The predicted molar refractivity (Wildman–Crippen MR) is 49.7 cm³/mol. The number of rotatable bonds is 5. The van der Waals surface area contributed by atoms with E-state index >= 15 is 0 Å². The van der Waals surface area contributed by atoms with Crippen molar-refractivity contribution >= 4 is 5.78 Å². The Labute approximate surface area is 79.4 Å². The van der Waals surface area contributed by atoms with Gasteiger partial charge in [-0.2, -0.15) is 0 Å². The fourth-order valence-corrected chi connectivity index (χ4v) is 1.50. The molecule has 3 nitrogen and oxygen atoms in total. The van der Waals surface area contributed by atoms with Crippen LogP contribution in [0.3, 0.4) is 0 Å². The van der Waals surface area contributed by atoms with Crippen molar-refractivity contribution in [3.8, 4) is 0 Å². The average molecular weight is 186 g/mol. The molecule has 0 aromatic carbocycles. The summed E-state index contributed by atoms with van der Waals surface area (Å²) in [5, 5.41) is 0. The van der Waals surface area contributed by atoms with Crippen LogP contribution < -0.4 is 0 Å². The molecule has 0 amide bonds. The van der Waals surface area contributed by atoms with Gasteiger partial charge in [-0.25, -0.2) is 0 Å². The van der Waals surface area contributed by atoms with Crippen molar-refractivity contribution in [2.75, 3.05) is 19.8 Å². The zero-order valence-electron chi connectivity index (χ0n) is 8.25. The Balaban J connectivity index is 1.99. The molecule has 3 heteroatoms. The molecule has 0 aromatic rings. The summed E-state index contributed by atoms with van der Waals surface area (Å²) in [6, 6.07) is 0. The molecule has 0 saturated heterocycles. The summed E-state index contributed by atoms with van der Waals surface area (Å²) < 4.78 is 10.7. The summed E-state index contributed by atoms with van der Waals surface area (Å²) in [6.07, 6.45) is 3.47. The maximum Gasteiger partial charge on any atom is 0.133 e. The molecule has 76 valence electrons. The maximum absolute atomic E-state index is 10.9. The van der Waals surface area contributed by atoms with Gasteiger partial charge in [0, 0.05) is 19.4 Å². The van der Waals surface area contributed by atoms with E-state index in [0.29, 0.717) is 31.8 Å². The molecule has 0 bridgehead atoms. The highest BCUT2D eigenvalue weighted by molar-refractivity contribution is 5.79. The summed E-state index contributed by atoms with van der Waals surface area (Å²) in [5.41, 5.74) is 0. The lowest BCUT2D eigenvalue weighted by Crippen LogP contribution is -2.23. The van der Waals surface area contributed by atoms with Crippen molar-refractivity contribution < 1.29 is 14.3 Å². The Kier molecular flexibility index (Phi) is 5.01. The second kappa shape index (κ2) is 6.11.